The molecule has 0 aliphatic heterocycles. The van der Waals surface area contributed by atoms with Gasteiger partial charge in [-0.25, -0.2) is 4.79 Å². The van der Waals surface area contributed by atoms with Crippen LogP contribution in [0.5, 0.6) is 0 Å². The van der Waals surface area contributed by atoms with Crippen LogP contribution in [0.4, 0.5) is 0 Å². The Hall–Kier alpha value is -0.870. The molecule has 4 heteroatoms. The van der Waals surface area contributed by atoms with Crippen molar-refractivity contribution in [2.75, 3.05) is 13.2 Å². The molecule has 0 bridgehead atoms. The Morgan fingerprint density at radius 3 is 2.19 bits per heavy atom. The van der Waals surface area contributed by atoms with Crippen LogP contribution in [-0.4, -0.2) is 36.5 Å². The maximum atomic E-state index is 11.5. The minimum absolute atomic E-state index is 0.120. The van der Waals surface area contributed by atoms with Crippen LogP contribution in [0, 0.1) is 5.92 Å². The molecular formula is C23H42O4. The lowest BCUT2D eigenvalue weighted by molar-refractivity contribution is -0.142. The van der Waals surface area contributed by atoms with E-state index in [-0.39, 0.29) is 24.1 Å². The summed E-state index contributed by atoms with van der Waals surface area (Å²) < 4.78 is 11.2. The van der Waals surface area contributed by atoms with Crippen molar-refractivity contribution in [3.8, 4) is 0 Å². The molecule has 0 saturated heterocycles. The zero-order valence-corrected chi connectivity index (χ0v) is 17.7. The lowest BCUT2D eigenvalue weighted by Crippen LogP contribution is -2.37. The summed E-state index contributed by atoms with van der Waals surface area (Å²) in [5.41, 5.74) is 0.430. The summed E-state index contributed by atoms with van der Waals surface area (Å²) in [6.45, 7) is 8.63. The summed E-state index contributed by atoms with van der Waals surface area (Å²) in [5.74, 6) is -0.0571. The van der Waals surface area contributed by atoms with Gasteiger partial charge in [0.05, 0.1) is 18.8 Å². The molecule has 0 aromatic carbocycles. The average molecular weight is 383 g/mol. The molecule has 1 aliphatic rings. The number of carbonyl (C=O) groups is 1. The molecule has 1 aliphatic carbocycles. The molecular weight excluding hydrogens is 340 g/mol. The van der Waals surface area contributed by atoms with Gasteiger partial charge in [-0.1, -0.05) is 71.3 Å². The number of rotatable bonds is 15. The molecule has 1 saturated carbocycles. The molecule has 0 heterocycles. The van der Waals surface area contributed by atoms with Gasteiger partial charge in [-0.2, -0.15) is 0 Å². The Bertz CT molecular complexity index is 407. The average Bonchev–Trinajstić information content (AvgIpc) is 2.65. The van der Waals surface area contributed by atoms with Gasteiger partial charge in [-0.3, -0.25) is 0 Å². The van der Waals surface area contributed by atoms with Gasteiger partial charge in [-0.05, 0) is 38.5 Å². The van der Waals surface area contributed by atoms with Gasteiger partial charge in [0.15, 0.2) is 0 Å². The first-order valence-electron chi connectivity index (χ1n) is 11.2. The van der Waals surface area contributed by atoms with Crippen molar-refractivity contribution < 1.29 is 19.4 Å². The van der Waals surface area contributed by atoms with Crippen LogP contribution in [-0.2, 0) is 14.3 Å². The predicted octanol–water partition coefficient (Wildman–Crippen LogP) is 5.57. The zero-order chi connectivity index (χ0) is 19.9. The maximum Gasteiger partial charge on any atom is 0.333 e. The van der Waals surface area contributed by atoms with Gasteiger partial charge in [-0.15, -0.1) is 0 Å². The second-order valence-electron chi connectivity index (χ2n) is 8.22. The molecule has 0 amide bonds. The molecule has 1 rings (SSSR count). The van der Waals surface area contributed by atoms with Crippen LogP contribution in [0.3, 0.4) is 0 Å². The Kier molecular flexibility index (Phi) is 13.5. The molecule has 1 N–H and O–H groups in total. The smallest absolute Gasteiger partial charge is 0.333 e. The lowest BCUT2D eigenvalue weighted by Gasteiger charge is -2.33. The van der Waals surface area contributed by atoms with Gasteiger partial charge in [0.25, 0.3) is 0 Å². The monoisotopic (exact) mass is 382 g/mol. The largest absolute Gasteiger partial charge is 0.462 e. The molecule has 158 valence electrons. The van der Waals surface area contributed by atoms with E-state index in [4.69, 9.17) is 9.47 Å². The van der Waals surface area contributed by atoms with Gasteiger partial charge in [0.2, 0.25) is 0 Å². The zero-order valence-electron chi connectivity index (χ0n) is 17.7. The highest BCUT2D eigenvalue weighted by Gasteiger charge is 2.30. The summed E-state index contributed by atoms with van der Waals surface area (Å²) in [4.78, 5) is 11.5. The van der Waals surface area contributed by atoms with Crippen LogP contribution in [0.2, 0.25) is 0 Å². The molecule has 1 fully saturated rings. The van der Waals surface area contributed by atoms with Crippen molar-refractivity contribution in [2.24, 2.45) is 5.92 Å². The second kappa shape index (κ2) is 15.1. The highest BCUT2D eigenvalue weighted by molar-refractivity contribution is 5.86. The third-order valence-electron chi connectivity index (χ3n) is 5.49. The van der Waals surface area contributed by atoms with E-state index in [2.05, 4.69) is 13.5 Å². The van der Waals surface area contributed by atoms with Crippen LogP contribution < -0.4 is 0 Å². The fraction of sp³-hybridized carbons (Fsp3) is 0.870. The number of ether oxygens (including phenoxy) is 2. The standard InChI is InChI=1S/C23H42O4/c1-4-5-6-7-8-9-10-11-12-13-16-26-22-17-20(14-15-21(22)24)18-27-23(25)19(2)3/h20-22,24H,2,4-18H2,1,3H3. The third kappa shape index (κ3) is 11.5. The van der Waals surface area contributed by atoms with Gasteiger partial charge < -0.3 is 14.6 Å². The molecule has 3 unspecified atom stereocenters. The molecule has 0 aromatic rings. The van der Waals surface area contributed by atoms with Crippen LogP contribution in [0.25, 0.3) is 0 Å². The van der Waals surface area contributed by atoms with Crippen molar-refractivity contribution in [1.29, 1.82) is 0 Å². The van der Waals surface area contributed by atoms with E-state index < -0.39 is 0 Å². The second-order valence-corrected chi connectivity index (χ2v) is 8.22. The summed E-state index contributed by atoms with van der Waals surface area (Å²) >= 11 is 0. The molecule has 0 aromatic heterocycles. The lowest BCUT2D eigenvalue weighted by atomic mass is 9.86. The molecule has 4 nitrogen and oxygen atoms in total. The Balaban J connectivity index is 2.04. The Morgan fingerprint density at radius 2 is 1.59 bits per heavy atom. The summed E-state index contributed by atoms with van der Waals surface area (Å²) in [6.07, 6.45) is 14.9. The quantitative estimate of drug-likeness (QED) is 0.228. The fourth-order valence-electron chi connectivity index (χ4n) is 3.67. The Labute approximate surface area is 166 Å². The Morgan fingerprint density at radius 1 is 1.00 bits per heavy atom. The molecule has 0 spiro atoms. The number of esters is 1. The fourth-order valence-corrected chi connectivity index (χ4v) is 3.67. The number of hydrogen-bond acceptors (Lipinski definition) is 4. The summed E-state index contributed by atoms with van der Waals surface area (Å²) in [7, 11) is 0. The van der Waals surface area contributed by atoms with Gasteiger partial charge >= 0.3 is 5.97 Å². The van der Waals surface area contributed by atoms with Crippen LogP contribution >= 0.6 is 0 Å². The van der Waals surface area contributed by atoms with Gasteiger partial charge in [0.1, 0.15) is 0 Å². The first kappa shape index (κ1) is 24.2. The van der Waals surface area contributed by atoms with E-state index in [1.54, 1.807) is 6.92 Å². The minimum Gasteiger partial charge on any atom is -0.462 e. The minimum atomic E-state index is -0.388. The van der Waals surface area contributed by atoms with Crippen molar-refractivity contribution >= 4 is 5.97 Å². The normalized spacial score (nSPS) is 22.6. The van der Waals surface area contributed by atoms with Crippen molar-refractivity contribution in [3.63, 3.8) is 0 Å². The van der Waals surface area contributed by atoms with E-state index in [1.807, 2.05) is 0 Å². The SMILES string of the molecule is C=C(C)C(=O)OCC1CCC(O)C(OCCCCCCCCCCCC)C1. The molecule has 27 heavy (non-hydrogen) atoms. The molecule has 0 radical (unpaired) electrons. The number of aliphatic hydroxyl groups excluding tert-OH is 1. The van der Waals surface area contributed by atoms with E-state index in [0.29, 0.717) is 12.2 Å². The van der Waals surface area contributed by atoms with Crippen LogP contribution in [0.15, 0.2) is 12.2 Å². The number of carbonyl (C=O) groups excluding carboxylic acids is 1. The highest BCUT2D eigenvalue weighted by Crippen LogP contribution is 2.27. The predicted molar refractivity (Wildman–Crippen MR) is 111 cm³/mol. The van der Waals surface area contributed by atoms with Crippen molar-refractivity contribution in [1.82, 2.24) is 0 Å². The van der Waals surface area contributed by atoms with E-state index in [9.17, 15) is 9.90 Å². The summed E-state index contributed by atoms with van der Waals surface area (Å²) in [6, 6.07) is 0. The van der Waals surface area contributed by atoms with Crippen molar-refractivity contribution in [3.05, 3.63) is 12.2 Å². The number of aliphatic hydroxyl groups is 1. The number of hydrogen-bond donors (Lipinski definition) is 1. The first-order chi connectivity index (χ1) is 13.0. The number of unbranched alkanes of at least 4 members (excludes halogenated alkanes) is 9. The first-order valence-corrected chi connectivity index (χ1v) is 11.2. The highest BCUT2D eigenvalue weighted by atomic mass is 16.5. The molecule has 3 atom stereocenters. The van der Waals surface area contributed by atoms with Crippen LogP contribution in [0.1, 0.15) is 97.3 Å². The van der Waals surface area contributed by atoms with Crippen molar-refractivity contribution in [2.45, 2.75) is 110 Å². The van der Waals surface area contributed by atoms with E-state index in [1.165, 1.54) is 57.8 Å². The summed E-state index contributed by atoms with van der Waals surface area (Å²) in [5, 5.41) is 10.2. The maximum absolute atomic E-state index is 11.5. The topological polar surface area (TPSA) is 55.8 Å². The van der Waals surface area contributed by atoms with E-state index in [0.717, 1.165) is 32.3 Å². The van der Waals surface area contributed by atoms with E-state index >= 15 is 0 Å². The van der Waals surface area contributed by atoms with Gasteiger partial charge in [0, 0.05) is 12.2 Å². The third-order valence-corrected chi connectivity index (χ3v) is 5.49.